The van der Waals surface area contributed by atoms with Gasteiger partial charge in [0.1, 0.15) is 0 Å². The monoisotopic (exact) mass is 227 g/mol. The number of hydrogen-bond acceptors (Lipinski definition) is 1. The molecule has 0 radical (unpaired) electrons. The highest BCUT2D eigenvalue weighted by Crippen LogP contribution is 2.29. The van der Waals surface area contributed by atoms with Gasteiger partial charge < -0.3 is 5.73 Å². The second-order valence-electron chi connectivity index (χ2n) is 3.57. The molecular weight excluding hydrogens is 215 g/mol. The highest BCUT2D eigenvalue weighted by Gasteiger charge is 2.30. The third-order valence-corrected chi connectivity index (χ3v) is 2.13. The molecule has 0 saturated carbocycles. The molecule has 1 unspecified atom stereocenters. The molecule has 0 saturated heterocycles. The van der Waals surface area contributed by atoms with Crippen molar-refractivity contribution in [1.29, 1.82) is 0 Å². The van der Waals surface area contributed by atoms with Gasteiger partial charge in [0.25, 0.3) is 0 Å². The molecule has 4 heteroatoms. The van der Waals surface area contributed by atoms with Crippen LogP contribution >= 0.6 is 0 Å². The second-order valence-corrected chi connectivity index (χ2v) is 3.57. The van der Waals surface area contributed by atoms with E-state index in [2.05, 4.69) is 5.92 Å². The van der Waals surface area contributed by atoms with Crippen LogP contribution in [0.4, 0.5) is 13.2 Å². The Labute approximate surface area is 92.5 Å². The molecule has 1 rings (SSSR count). The van der Waals surface area contributed by atoms with Crippen LogP contribution in [0.5, 0.6) is 0 Å². The van der Waals surface area contributed by atoms with Crippen molar-refractivity contribution in [2.24, 2.45) is 5.73 Å². The van der Waals surface area contributed by atoms with Crippen LogP contribution in [0.15, 0.2) is 24.3 Å². The molecule has 1 aromatic carbocycles. The van der Waals surface area contributed by atoms with Gasteiger partial charge in [-0.05, 0) is 18.1 Å². The first-order valence-electron chi connectivity index (χ1n) is 4.78. The summed E-state index contributed by atoms with van der Waals surface area (Å²) in [6.45, 7) is 0. The first-order chi connectivity index (χ1) is 7.43. The molecule has 0 aromatic heterocycles. The molecule has 0 heterocycles. The highest BCUT2D eigenvalue weighted by atomic mass is 19.4. The fraction of sp³-hybridized carbons (Fsp3) is 0.333. The summed E-state index contributed by atoms with van der Waals surface area (Å²) in [6, 6.07) is 4.84. The minimum atomic E-state index is -4.31. The van der Waals surface area contributed by atoms with E-state index in [1.54, 1.807) is 6.07 Å². The van der Waals surface area contributed by atoms with Crippen molar-refractivity contribution < 1.29 is 13.2 Å². The van der Waals surface area contributed by atoms with Crippen LogP contribution < -0.4 is 5.73 Å². The summed E-state index contributed by atoms with van der Waals surface area (Å²) in [5, 5.41) is 0. The smallest absolute Gasteiger partial charge is 0.327 e. The molecule has 0 aliphatic carbocycles. The van der Waals surface area contributed by atoms with Gasteiger partial charge in [-0.15, -0.1) is 12.3 Å². The fourth-order valence-electron chi connectivity index (χ4n) is 1.40. The molecule has 1 atom stereocenters. The zero-order valence-electron chi connectivity index (χ0n) is 8.59. The van der Waals surface area contributed by atoms with Gasteiger partial charge in [-0.3, -0.25) is 0 Å². The van der Waals surface area contributed by atoms with Crippen molar-refractivity contribution in [1.82, 2.24) is 0 Å². The van der Waals surface area contributed by atoms with Gasteiger partial charge in [0, 0.05) is 12.5 Å². The van der Waals surface area contributed by atoms with Gasteiger partial charge in [0.2, 0.25) is 0 Å². The third kappa shape index (κ3) is 3.59. The Hall–Kier alpha value is -1.47. The molecule has 86 valence electrons. The first-order valence-corrected chi connectivity index (χ1v) is 4.78. The molecule has 0 fully saturated rings. The second kappa shape index (κ2) is 5.04. The Morgan fingerprint density at radius 1 is 1.38 bits per heavy atom. The topological polar surface area (TPSA) is 26.0 Å². The number of hydrogen-bond donors (Lipinski definition) is 1. The maximum absolute atomic E-state index is 12.4. The Morgan fingerprint density at radius 2 is 2.06 bits per heavy atom. The van der Waals surface area contributed by atoms with Crippen molar-refractivity contribution in [3.8, 4) is 12.3 Å². The largest absolute Gasteiger partial charge is 0.416 e. The van der Waals surface area contributed by atoms with Gasteiger partial charge >= 0.3 is 6.18 Å². The normalized spacial score (nSPS) is 13.2. The zero-order valence-corrected chi connectivity index (χ0v) is 8.59. The maximum atomic E-state index is 12.4. The molecule has 0 bridgehead atoms. The molecule has 16 heavy (non-hydrogen) atoms. The lowest BCUT2D eigenvalue weighted by Crippen LogP contribution is -2.22. The molecule has 0 spiro atoms. The molecule has 1 aromatic rings. The van der Waals surface area contributed by atoms with E-state index in [1.807, 2.05) is 0 Å². The molecule has 2 N–H and O–H groups in total. The third-order valence-electron chi connectivity index (χ3n) is 2.13. The van der Waals surface area contributed by atoms with E-state index in [0.29, 0.717) is 18.4 Å². The van der Waals surface area contributed by atoms with Crippen LogP contribution in [0.25, 0.3) is 0 Å². The van der Waals surface area contributed by atoms with Crippen LogP contribution in [0.2, 0.25) is 0 Å². The molecule has 1 nitrogen and oxygen atoms in total. The Balaban J connectivity index is 2.80. The number of halogens is 3. The van der Waals surface area contributed by atoms with Gasteiger partial charge in [0.15, 0.2) is 0 Å². The lowest BCUT2D eigenvalue weighted by molar-refractivity contribution is -0.137. The van der Waals surface area contributed by atoms with Crippen molar-refractivity contribution in [2.75, 3.05) is 0 Å². The molecule has 0 amide bonds. The lowest BCUT2D eigenvalue weighted by Gasteiger charge is -2.11. The molecular formula is C12H12F3N. The minimum absolute atomic E-state index is 0.298. The zero-order chi connectivity index (χ0) is 12.2. The number of benzene rings is 1. The van der Waals surface area contributed by atoms with Crippen LogP contribution in [-0.4, -0.2) is 6.04 Å². The quantitative estimate of drug-likeness (QED) is 0.789. The SMILES string of the molecule is C#CCC(N)Cc1cccc(C(F)(F)F)c1. The number of alkyl halides is 3. The van der Waals surface area contributed by atoms with E-state index in [-0.39, 0.29) is 6.04 Å². The lowest BCUT2D eigenvalue weighted by atomic mass is 10.0. The maximum Gasteiger partial charge on any atom is 0.416 e. The van der Waals surface area contributed by atoms with E-state index in [4.69, 9.17) is 12.2 Å². The van der Waals surface area contributed by atoms with Gasteiger partial charge in [0.05, 0.1) is 5.56 Å². The van der Waals surface area contributed by atoms with E-state index >= 15 is 0 Å². The Kier molecular flexibility index (Phi) is 3.97. The van der Waals surface area contributed by atoms with Crippen molar-refractivity contribution in [2.45, 2.75) is 25.1 Å². The number of rotatable bonds is 3. The highest BCUT2D eigenvalue weighted by molar-refractivity contribution is 5.26. The summed E-state index contributed by atoms with van der Waals surface area (Å²) in [5.41, 5.74) is 5.55. The summed E-state index contributed by atoms with van der Waals surface area (Å²) < 4.78 is 37.2. The van der Waals surface area contributed by atoms with E-state index in [1.165, 1.54) is 6.07 Å². The molecule has 0 aliphatic rings. The standard InChI is InChI=1S/C12H12F3N/c1-2-4-11(16)8-9-5-3-6-10(7-9)12(13,14)15/h1,3,5-7,11H,4,8,16H2. The summed E-state index contributed by atoms with van der Waals surface area (Å²) in [7, 11) is 0. The fourth-order valence-corrected chi connectivity index (χ4v) is 1.40. The van der Waals surface area contributed by atoms with Crippen LogP contribution in [0.3, 0.4) is 0 Å². The van der Waals surface area contributed by atoms with Crippen molar-refractivity contribution in [3.05, 3.63) is 35.4 Å². The summed E-state index contributed by atoms with van der Waals surface area (Å²) in [6.07, 6.45) is 1.47. The first kappa shape index (κ1) is 12.6. The predicted molar refractivity (Wildman–Crippen MR) is 56.6 cm³/mol. The minimum Gasteiger partial charge on any atom is -0.327 e. The Bertz CT molecular complexity index is 390. The van der Waals surface area contributed by atoms with Gasteiger partial charge in [-0.1, -0.05) is 18.2 Å². The molecule has 0 aliphatic heterocycles. The van der Waals surface area contributed by atoms with Crippen molar-refractivity contribution in [3.63, 3.8) is 0 Å². The van der Waals surface area contributed by atoms with Crippen molar-refractivity contribution >= 4 is 0 Å². The summed E-state index contributed by atoms with van der Waals surface area (Å²) in [4.78, 5) is 0. The van der Waals surface area contributed by atoms with Crippen LogP contribution in [0.1, 0.15) is 17.5 Å². The predicted octanol–water partition coefficient (Wildman–Crippen LogP) is 2.60. The summed E-state index contributed by atoms with van der Waals surface area (Å²) >= 11 is 0. The average Bonchev–Trinajstić information content (AvgIpc) is 2.17. The summed E-state index contributed by atoms with van der Waals surface area (Å²) in [5.74, 6) is 2.39. The van der Waals surface area contributed by atoms with Gasteiger partial charge in [-0.2, -0.15) is 13.2 Å². The van der Waals surface area contributed by atoms with E-state index in [0.717, 1.165) is 12.1 Å². The van der Waals surface area contributed by atoms with E-state index < -0.39 is 11.7 Å². The van der Waals surface area contributed by atoms with Crippen LogP contribution in [0, 0.1) is 12.3 Å². The van der Waals surface area contributed by atoms with E-state index in [9.17, 15) is 13.2 Å². The Morgan fingerprint density at radius 3 is 2.62 bits per heavy atom. The number of terminal acetylenes is 1. The van der Waals surface area contributed by atoms with Crippen LogP contribution in [-0.2, 0) is 12.6 Å². The number of nitrogens with two attached hydrogens (primary N) is 1. The van der Waals surface area contributed by atoms with Gasteiger partial charge in [-0.25, -0.2) is 0 Å². The average molecular weight is 227 g/mol.